The second-order valence-electron chi connectivity index (χ2n) is 6.10. The number of amides is 1. The van der Waals surface area contributed by atoms with E-state index in [1.54, 1.807) is 0 Å². The van der Waals surface area contributed by atoms with Crippen molar-refractivity contribution < 1.29 is 19.4 Å². The van der Waals surface area contributed by atoms with Crippen molar-refractivity contribution in [1.82, 2.24) is 5.32 Å². The van der Waals surface area contributed by atoms with Gasteiger partial charge >= 0.3 is 12.1 Å². The van der Waals surface area contributed by atoms with Crippen LogP contribution >= 0.6 is 0 Å². The van der Waals surface area contributed by atoms with Gasteiger partial charge in [-0.2, -0.15) is 0 Å². The molecule has 0 aromatic rings. The molecule has 116 valence electrons. The SMILES string of the molecule is CCCCOC(=O)NC(CC1(C)CCCCC1)C(=O)O. The van der Waals surface area contributed by atoms with Crippen LogP contribution in [0.25, 0.3) is 0 Å². The fourth-order valence-electron chi connectivity index (χ4n) is 2.80. The van der Waals surface area contributed by atoms with Crippen molar-refractivity contribution in [3.05, 3.63) is 0 Å². The second-order valence-corrected chi connectivity index (χ2v) is 6.10. The monoisotopic (exact) mass is 285 g/mol. The molecule has 1 unspecified atom stereocenters. The van der Waals surface area contributed by atoms with Gasteiger partial charge in [-0.3, -0.25) is 0 Å². The van der Waals surface area contributed by atoms with Gasteiger partial charge < -0.3 is 15.2 Å². The number of carboxylic acid groups (broad SMARTS) is 1. The van der Waals surface area contributed by atoms with E-state index in [0.717, 1.165) is 38.5 Å². The third kappa shape index (κ3) is 5.80. The summed E-state index contributed by atoms with van der Waals surface area (Å²) in [5.41, 5.74) is 0.0119. The number of unbranched alkanes of at least 4 members (excludes halogenated alkanes) is 1. The Bertz CT molecular complexity index is 324. The van der Waals surface area contributed by atoms with Gasteiger partial charge in [0.25, 0.3) is 0 Å². The Kier molecular flexibility index (Phi) is 6.82. The van der Waals surface area contributed by atoms with Gasteiger partial charge in [0.2, 0.25) is 0 Å². The van der Waals surface area contributed by atoms with Crippen molar-refractivity contribution in [3.63, 3.8) is 0 Å². The van der Waals surface area contributed by atoms with Gasteiger partial charge in [0.05, 0.1) is 6.61 Å². The molecule has 0 bridgehead atoms. The number of alkyl carbamates (subject to hydrolysis) is 1. The van der Waals surface area contributed by atoms with Crippen LogP contribution in [0, 0.1) is 5.41 Å². The average molecular weight is 285 g/mol. The molecule has 0 saturated heterocycles. The van der Waals surface area contributed by atoms with Gasteiger partial charge in [0.15, 0.2) is 0 Å². The summed E-state index contributed by atoms with van der Waals surface area (Å²) in [6, 6.07) is -0.854. The molecule has 0 heterocycles. The molecule has 1 aliphatic carbocycles. The Labute approximate surface area is 121 Å². The van der Waals surface area contributed by atoms with Crippen LogP contribution in [0.5, 0.6) is 0 Å². The molecule has 1 saturated carbocycles. The molecule has 0 radical (unpaired) electrons. The van der Waals surface area contributed by atoms with E-state index in [-0.39, 0.29) is 5.41 Å². The predicted octanol–water partition coefficient (Wildman–Crippen LogP) is 3.33. The molecule has 1 atom stereocenters. The zero-order chi connectivity index (χ0) is 15.0. The van der Waals surface area contributed by atoms with Gasteiger partial charge in [0, 0.05) is 0 Å². The van der Waals surface area contributed by atoms with Crippen molar-refractivity contribution >= 4 is 12.1 Å². The van der Waals surface area contributed by atoms with E-state index < -0.39 is 18.1 Å². The lowest BCUT2D eigenvalue weighted by molar-refractivity contribution is -0.140. The minimum atomic E-state index is -0.982. The lowest BCUT2D eigenvalue weighted by atomic mass is 9.72. The first-order valence-corrected chi connectivity index (χ1v) is 7.63. The fourth-order valence-corrected chi connectivity index (χ4v) is 2.80. The summed E-state index contributed by atoms with van der Waals surface area (Å²) < 4.78 is 4.97. The third-order valence-electron chi connectivity index (χ3n) is 4.08. The topological polar surface area (TPSA) is 75.6 Å². The molecule has 1 fully saturated rings. The highest BCUT2D eigenvalue weighted by Gasteiger charge is 2.33. The van der Waals surface area contributed by atoms with Crippen molar-refractivity contribution in [1.29, 1.82) is 0 Å². The normalized spacial score (nSPS) is 19.1. The fraction of sp³-hybridized carbons (Fsp3) is 0.867. The van der Waals surface area contributed by atoms with Gasteiger partial charge in [0.1, 0.15) is 6.04 Å². The van der Waals surface area contributed by atoms with Crippen LogP contribution in [0.4, 0.5) is 4.79 Å². The van der Waals surface area contributed by atoms with E-state index in [4.69, 9.17) is 4.74 Å². The number of carbonyl (C=O) groups is 2. The van der Waals surface area contributed by atoms with Gasteiger partial charge in [-0.05, 0) is 31.1 Å². The van der Waals surface area contributed by atoms with Crippen LogP contribution in [0.15, 0.2) is 0 Å². The first kappa shape index (κ1) is 16.8. The highest BCUT2D eigenvalue weighted by Crippen LogP contribution is 2.39. The molecule has 20 heavy (non-hydrogen) atoms. The van der Waals surface area contributed by atoms with Gasteiger partial charge in [-0.15, -0.1) is 0 Å². The smallest absolute Gasteiger partial charge is 0.407 e. The number of ether oxygens (including phenoxy) is 1. The Morgan fingerprint density at radius 3 is 2.50 bits per heavy atom. The largest absolute Gasteiger partial charge is 0.480 e. The third-order valence-corrected chi connectivity index (χ3v) is 4.08. The summed E-state index contributed by atoms with van der Waals surface area (Å²) in [4.78, 5) is 22.9. The van der Waals surface area contributed by atoms with E-state index >= 15 is 0 Å². The zero-order valence-corrected chi connectivity index (χ0v) is 12.6. The molecule has 0 aromatic carbocycles. The van der Waals surface area contributed by atoms with Crippen molar-refractivity contribution in [2.45, 2.75) is 71.3 Å². The zero-order valence-electron chi connectivity index (χ0n) is 12.6. The standard InChI is InChI=1S/C15H27NO4/c1-3-4-10-20-14(19)16-12(13(17)18)11-15(2)8-6-5-7-9-15/h12H,3-11H2,1-2H3,(H,16,19)(H,17,18). The average Bonchev–Trinajstić information content (AvgIpc) is 2.38. The summed E-state index contributed by atoms with van der Waals surface area (Å²) in [5.74, 6) is -0.982. The summed E-state index contributed by atoms with van der Waals surface area (Å²) in [7, 11) is 0. The van der Waals surface area contributed by atoms with Crippen LogP contribution in [0.2, 0.25) is 0 Å². The minimum absolute atomic E-state index is 0.0119. The predicted molar refractivity (Wildman–Crippen MR) is 76.6 cm³/mol. The van der Waals surface area contributed by atoms with E-state index in [0.29, 0.717) is 13.0 Å². The van der Waals surface area contributed by atoms with Gasteiger partial charge in [-0.25, -0.2) is 9.59 Å². The van der Waals surface area contributed by atoms with Crippen LogP contribution in [-0.2, 0) is 9.53 Å². The Morgan fingerprint density at radius 1 is 1.30 bits per heavy atom. The molecule has 1 rings (SSSR count). The minimum Gasteiger partial charge on any atom is -0.480 e. The van der Waals surface area contributed by atoms with Crippen LogP contribution in [-0.4, -0.2) is 29.8 Å². The first-order valence-electron chi connectivity index (χ1n) is 7.63. The van der Waals surface area contributed by atoms with E-state index in [1.807, 2.05) is 6.92 Å². The second kappa shape index (κ2) is 8.12. The highest BCUT2D eigenvalue weighted by molar-refractivity contribution is 5.79. The molecule has 0 aromatic heterocycles. The van der Waals surface area contributed by atoms with E-state index in [1.165, 1.54) is 6.42 Å². The number of hydrogen-bond acceptors (Lipinski definition) is 3. The molecule has 5 nitrogen and oxygen atoms in total. The Morgan fingerprint density at radius 2 is 1.95 bits per heavy atom. The summed E-state index contributed by atoms with van der Waals surface area (Å²) in [6.45, 7) is 4.46. The number of aliphatic carboxylic acids is 1. The molecule has 1 aliphatic rings. The van der Waals surface area contributed by atoms with E-state index in [9.17, 15) is 14.7 Å². The van der Waals surface area contributed by atoms with Crippen molar-refractivity contribution in [2.24, 2.45) is 5.41 Å². The number of hydrogen-bond donors (Lipinski definition) is 2. The molecular weight excluding hydrogens is 258 g/mol. The van der Waals surface area contributed by atoms with E-state index in [2.05, 4.69) is 12.2 Å². The summed E-state index contributed by atoms with van der Waals surface area (Å²) >= 11 is 0. The van der Waals surface area contributed by atoms with Crippen LogP contribution < -0.4 is 5.32 Å². The number of carboxylic acids is 1. The Hall–Kier alpha value is -1.26. The highest BCUT2D eigenvalue weighted by atomic mass is 16.5. The quantitative estimate of drug-likeness (QED) is 0.703. The number of carbonyl (C=O) groups excluding carboxylic acids is 1. The molecule has 5 heteroatoms. The molecular formula is C15H27NO4. The molecule has 1 amide bonds. The van der Waals surface area contributed by atoms with Crippen molar-refractivity contribution in [2.75, 3.05) is 6.61 Å². The Balaban J connectivity index is 2.47. The van der Waals surface area contributed by atoms with Gasteiger partial charge in [-0.1, -0.05) is 39.5 Å². The molecule has 2 N–H and O–H groups in total. The molecule has 0 aliphatic heterocycles. The number of rotatable bonds is 7. The van der Waals surface area contributed by atoms with Crippen LogP contribution in [0.3, 0.4) is 0 Å². The number of nitrogens with one attached hydrogen (secondary N) is 1. The lowest BCUT2D eigenvalue weighted by Gasteiger charge is -2.35. The van der Waals surface area contributed by atoms with Crippen LogP contribution in [0.1, 0.15) is 65.2 Å². The lowest BCUT2D eigenvalue weighted by Crippen LogP contribution is -2.44. The maximum atomic E-state index is 11.6. The maximum absolute atomic E-state index is 11.6. The maximum Gasteiger partial charge on any atom is 0.407 e. The summed E-state index contributed by atoms with van der Waals surface area (Å²) in [6.07, 6.45) is 7.16. The van der Waals surface area contributed by atoms with Crippen molar-refractivity contribution in [3.8, 4) is 0 Å². The first-order chi connectivity index (χ1) is 9.47. The molecule has 0 spiro atoms. The summed E-state index contributed by atoms with van der Waals surface area (Å²) in [5, 5.41) is 11.8.